The molecule has 7 heteroatoms. The number of hydrogen-bond donors (Lipinski definition) is 2. The lowest BCUT2D eigenvalue weighted by Gasteiger charge is -2.11. The Hall–Kier alpha value is -1.86. The first-order valence-electron chi connectivity index (χ1n) is 7.36. The van der Waals surface area contributed by atoms with Gasteiger partial charge in [0, 0.05) is 4.88 Å². The van der Waals surface area contributed by atoms with Crippen LogP contribution in [0.4, 0.5) is 5.00 Å². The molecule has 1 aromatic carbocycles. The van der Waals surface area contributed by atoms with E-state index in [9.17, 15) is 18.3 Å². The van der Waals surface area contributed by atoms with Crippen LogP contribution in [0.2, 0.25) is 0 Å². The van der Waals surface area contributed by atoms with Gasteiger partial charge < -0.3 is 5.11 Å². The highest BCUT2D eigenvalue weighted by Gasteiger charge is 2.27. The molecule has 3 rings (SSSR count). The van der Waals surface area contributed by atoms with Crippen LogP contribution in [-0.2, 0) is 22.9 Å². The number of carboxylic acids is 1. The van der Waals surface area contributed by atoms with E-state index in [1.807, 2.05) is 6.92 Å². The fourth-order valence-electron chi connectivity index (χ4n) is 2.76. The molecule has 0 aliphatic heterocycles. The van der Waals surface area contributed by atoms with E-state index in [4.69, 9.17) is 0 Å². The molecule has 23 heavy (non-hydrogen) atoms. The first-order chi connectivity index (χ1) is 10.9. The van der Waals surface area contributed by atoms with Gasteiger partial charge in [-0.05, 0) is 50.3 Å². The molecule has 0 saturated carbocycles. The minimum absolute atomic E-state index is 0.111. The zero-order chi connectivity index (χ0) is 16.6. The molecule has 0 spiro atoms. The van der Waals surface area contributed by atoms with Crippen LogP contribution in [0.5, 0.6) is 0 Å². The molecule has 1 heterocycles. The monoisotopic (exact) mass is 351 g/mol. The van der Waals surface area contributed by atoms with Gasteiger partial charge in [-0.1, -0.05) is 17.7 Å². The van der Waals surface area contributed by atoms with Gasteiger partial charge in [-0.25, -0.2) is 13.2 Å². The lowest BCUT2D eigenvalue weighted by atomic mass is 9.96. The van der Waals surface area contributed by atoms with Crippen molar-refractivity contribution in [2.45, 2.75) is 37.5 Å². The number of carbonyl (C=O) groups is 1. The van der Waals surface area contributed by atoms with Crippen LogP contribution in [0.1, 0.15) is 39.2 Å². The molecule has 2 aromatic rings. The molecule has 0 fully saturated rings. The summed E-state index contributed by atoms with van der Waals surface area (Å²) in [6.07, 6.45) is 3.46. The van der Waals surface area contributed by atoms with Gasteiger partial charge in [-0.3, -0.25) is 4.72 Å². The summed E-state index contributed by atoms with van der Waals surface area (Å²) in [6.45, 7) is 1.87. The standard InChI is InChI=1S/C16H17NO4S2/c1-10-6-8-11(9-7-10)23(20,21)17-15-14(16(18)19)12-4-2-3-5-13(12)22-15/h6-9,17H,2-5H2,1H3,(H,18,19). The maximum Gasteiger partial charge on any atom is 0.339 e. The number of thiophene rings is 1. The molecule has 0 amide bonds. The largest absolute Gasteiger partial charge is 0.478 e. The lowest BCUT2D eigenvalue weighted by molar-refractivity contribution is 0.0697. The van der Waals surface area contributed by atoms with Gasteiger partial charge in [-0.2, -0.15) is 0 Å². The number of aryl methyl sites for hydroxylation is 2. The number of nitrogens with one attached hydrogen (secondary N) is 1. The number of hydrogen-bond acceptors (Lipinski definition) is 4. The second kappa shape index (κ2) is 5.98. The van der Waals surface area contributed by atoms with Crippen molar-refractivity contribution in [3.63, 3.8) is 0 Å². The summed E-state index contributed by atoms with van der Waals surface area (Å²) in [4.78, 5) is 12.7. The zero-order valence-electron chi connectivity index (χ0n) is 12.6. The van der Waals surface area contributed by atoms with Crippen LogP contribution in [0.3, 0.4) is 0 Å². The second-order valence-corrected chi connectivity index (χ2v) is 8.43. The van der Waals surface area contributed by atoms with Gasteiger partial charge in [0.2, 0.25) is 0 Å². The summed E-state index contributed by atoms with van der Waals surface area (Å²) < 4.78 is 27.5. The average molecular weight is 351 g/mol. The fraction of sp³-hybridized carbons (Fsp3) is 0.312. The zero-order valence-corrected chi connectivity index (χ0v) is 14.3. The number of rotatable bonds is 4. The van der Waals surface area contributed by atoms with Gasteiger partial charge in [0.1, 0.15) is 5.00 Å². The van der Waals surface area contributed by atoms with Gasteiger partial charge in [0.15, 0.2) is 0 Å². The van der Waals surface area contributed by atoms with E-state index in [1.165, 1.54) is 23.5 Å². The van der Waals surface area contributed by atoms with Crippen LogP contribution in [0.25, 0.3) is 0 Å². The van der Waals surface area contributed by atoms with Crippen molar-refractivity contribution in [2.75, 3.05) is 4.72 Å². The number of anilines is 1. The molecule has 0 radical (unpaired) electrons. The highest BCUT2D eigenvalue weighted by molar-refractivity contribution is 7.93. The van der Waals surface area contributed by atoms with Crippen molar-refractivity contribution >= 4 is 32.3 Å². The summed E-state index contributed by atoms with van der Waals surface area (Å²) in [5.41, 5.74) is 1.86. The van der Waals surface area contributed by atoms with Gasteiger partial charge in [-0.15, -0.1) is 11.3 Å². The summed E-state index contributed by atoms with van der Waals surface area (Å²) in [5, 5.41) is 9.70. The van der Waals surface area contributed by atoms with Crippen molar-refractivity contribution < 1.29 is 18.3 Å². The molecule has 0 saturated heterocycles. The maximum atomic E-state index is 12.5. The summed E-state index contributed by atoms with van der Waals surface area (Å²) in [7, 11) is -3.79. The molecule has 1 aliphatic rings. The van der Waals surface area contributed by atoms with Crippen molar-refractivity contribution in [2.24, 2.45) is 0 Å². The van der Waals surface area contributed by atoms with Crippen LogP contribution < -0.4 is 4.72 Å². The molecule has 1 aliphatic carbocycles. The van der Waals surface area contributed by atoms with Gasteiger partial charge in [0.25, 0.3) is 10.0 Å². The van der Waals surface area contributed by atoms with Gasteiger partial charge in [0.05, 0.1) is 10.5 Å². The van der Waals surface area contributed by atoms with Crippen molar-refractivity contribution in [1.29, 1.82) is 0 Å². The molecule has 0 atom stereocenters. The highest BCUT2D eigenvalue weighted by Crippen LogP contribution is 2.39. The van der Waals surface area contributed by atoms with E-state index >= 15 is 0 Å². The minimum atomic E-state index is -3.79. The van der Waals surface area contributed by atoms with E-state index in [2.05, 4.69) is 4.72 Å². The topological polar surface area (TPSA) is 83.5 Å². The van der Waals surface area contributed by atoms with E-state index in [0.29, 0.717) is 6.42 Å². The van der Waals surface area contributed by atoms with E-state index in [-0.39, 0.29) is 15.5 Å². The van der Waals surface area contributed by atoms with Crippen molar-refractivity contribution in [3.8, 4) is 0 Å². The molecule has 5 nitrogen and oxygen atoms in total. The van der Waals surface area contributed by atoms with Gasteiger partial charge >= 0.3 is 5.97 Å². The molecular formula is C16H17NO4S2. The third-order valence-electron chi connectivity index (χ3n) is 3.94. The first-order valence-corrected chi connectivity index (χ1v) is 9.66. The SMILES string of the molecule is Cc1ccc(S(=O)(=O)Nc2sc3c(c2C(=O)O)CCCC3)cc1. The molecular weight excluding hydrogens is 334 g/mol. The number of sulfonamides is 1. The van der Waals surface area contributed by atoms with Crippen LogP contribution in [-0.4, -0.2) is 19.5 Å². The maximum absolute atomic E-state index is 12.5. The third kappa shape index (κ3) is 3.11. The Balaban J connectivity index is 2.01. The Morgan fingerprint density at radius 3 is 2.48 bits per heavy atom. The fourth-order valence-corrected chi connectivity index (χ4v) is 5.35. The van der Waals surface area contributed by atoms with Crippen molar-refractivity contribution in [3.05, 3.63) is 45.8 Å². The number of benzene rings is 1. The van der Waals surface area contributed by atoms with Crippen LogP contribution in [0, 0.1) is 6.92 Å². The van der Waals surface area contributed by atoms with E-state index in [1.54, 1.807) is 12.1 Å². The number of aromatic carboxylic acids is 1. The summed E-state index contributed by atoms with van der Waals surface area (Å²) >= 11 is 1.24. The molecule has 1 aromatic heterocycles. The molecule has 122 valence electrons. The quantitative estimate of drug-likeness (QED) is 0.884. The smallest absolute Gasteiger partial charge is 0.339 e. The molecule has 0 bridgehead atoms. The van der Waals surface area contributed by atoms with Crippen LogP contribution >= 0.6 is 11.3 Å². The Labute approximate surface area is 139 Å². The Morgan fingerprint density at radius 1 is 1.17 bits per heavy atom. The summed E-state index contributed by atoms with van der Waals surface area (Å²) in [6, 6.07) is 6.47. The Kier molecular flexibility index (Phi) is 4.16. The minimum Gasteiger partial charge on any atom is -0.478 e. The number of carboxylic acid groups (broad SMARTS) is 1. The average Bonchev–Trinajstić information content (AvgIpc) is 2.84. The third-order valence-corrected chi connectivity index (χ3v) is 6.65. The van der Waals surface area contributed by atoms with E-state index in [0.717, 1.165) is 35.3 Å². The van der Waals surface area contributed by atoms with Crippen molar-refractivity contribution in [1.82, 2.24) is 0 Å². The Morgan fingerprint density at radius 2 is 1.83 bits per heavy atom. The predicted molar refractivity (Wildman–Crippen MR) is 89.9 cm³/mol. The molecule has 2 N–H and O–H groups in total. The lowest BCUT2D eigenvalue weighted by Crippen LogP contribution is -2.15. The highest BCUT2D eigenvalue weighted by atomic mass is 32.2. The molecule has 0 unspecified atom stereocenters. The number of fused-ring (bicyclic) bond motifs is 1. The van der Waals surface area contributed by atoms with E-state index < -0.39 is 16.0 Å². The Bertz CT molecular complexity index is 851. The second-order valence-electron chi connectivity index (χ2n) is 5.64. The first kappa shape index (κ1) is 16.0. The normalized spacial score (nSPS) is 14.3. The summed E-state index contributed by atoms with van der Waals surface area (Å²) in [5.74, 6) is -1.08. The predicted octanol–water partition coefficient (Wildman–Crippen LogP) is 3.43. The van der Waals surface area contributed by atoms with Crippen LogP contribution in [0.15, 0.2) is 29.2 Å².